The van der Waals surface area contributed by atoms with Gasteiger partial charge in [-0.3, -0.25) is 0 Å². The summed E-state index contributed by atoms with van der Waals surface area (Å²) >= 11 is 0. The Morgan fingerprint density at radius 1 is 1.38 bits per heavy atom. The summed E-state index contributed by atoms with van der Waals surface area (Å²) in [5.74, 6) is 1.61. The van der Waals surface area contributed by atoms with Crippen LogP contribution in [0.1, 0.15) is 44.7 Å². The molecule has 0 radical (unpaired) electrons. The van der Waals surface area contributed by atoms with Gasteiger partial charge in [-0.25, -0.2) is 4.68 Å². The lowest BCUT2D eigenvalue weighted by Crippen LogP contribution is -2.17. The summed E-state index contributed by atoms with van der Waals surface area (Å²) in [6, 6.07) is 2.06. The third-order valence-electron chi connectivity index (χ3n) is 4.38. The summed E-state index contributed by atoms with van der Waals surface area (Å²) in [5, 5.41) is 7.90. The highest BCUT2D eigenvalue weighted by molar-refractivity contribution is 5.19. The molecule has 2 rings (SSSR count). The van der Waals surface area contributed by atoms with E-state index in [1.807, 2.05) is 19.2 Å². The third kappa shape index (κ3) is 6.00. The monoisotopic (exact) mass is 329 g/mol. The van der Waals surface area contributed by atoms with Gasteiger partial charge >= 0.3 is 0 Å². The average molecular weight is 329 g/mol. The van der Waals surface area contributed by atoms with Crippen molar-refractivity contribution in [3.8, 4) is 5.88 Å². The summed E-state index contributed by atoms with van der Waals surface area (Å²) < 4.78 is 8.11. The van der Waals surface area contributed by atoms with Crippen molar-refractivity contribution in [1.29, 1.82) is 0 Å². The van der Waals surface area contributed by atoms with Crippen LogP contribution in [-0.4, -0.2) is 23.4 Å². The Morgan fingerprint density at radius 2 is 2.17 bits per heavy atom. The van der Waals surface area contributed by atoms with Crippen LogP contribution in [0.3, 0.4) is 0 Å². The molecule has 0 bridgehead atoms. The Bertz CT molecular complexity index is 565. The zero-order valence-corrected chi connectivity index (χ0v) is 15.1. The molecular formula is C20H31N3O. The van der Waals surface area contributed by atoms with Gasteiger partial charge in [0, 0.05) is 19.2 Å². The molecule has 1 aromatic heterocycles. The number of aromatic nitrogens is 2. The molecule has 4 heteroatoms. The lowest BCUT2D eigenvalue weighted by molar-refractivity contribution is 0.265. The first-order valence-electron chi connectivity index (χ1n) is 9.02. The first-order chi connectivity index (χ1) is 11.7. The molecule has 0 atom stereocenters. The highest BCUT2D eigenvalue weighted by Crippen LogP contribution is 2.27. The molecule has 0 aromatic carbocycles. The normalized spacial score (nSPS) is 16.7. The van der Waals surface area contributed by atoms with E-state index in [-0.39, 0.29) is 0 Å². The van der Waals surface area contributed by atoms with Crippen LogP contribution in [0.25, 0.3) is 0 Å². The number of allylic oxidation sites excluding steroid dienone is 4. The second kappa shape index (κ2) is 10.1. The molecule has 1 heterocycles. The minimum Gasteiger partial charge on any atom is -0.473 e. The fourth-order valence-corrected chi connectivity index (χ4v) is 3.11. The van der Waals surface area contributed by atoms with E-state index < -0.39 is 0 Å². The molecule has 132 valence electrons. The third-order valence-corrected chi connectivity index (χ3v) is 4.38. The van der Waals surface area contributed by atoms with E-state index in [0.29, 0.717) is 6.61 Å². The second-order valence-corrected chi connectivity index (χ2v) is 6.61. The van der Waals surface area contributed by atoms with Crippen LogP contribution in [0.4, 0.5) is 0 Å². The van der Waals surface area contributed by atoms with Crippen molar-refractivity contribution in [2.45, 2.75) is 52.1 Å². The van der Waals surface area contributed by atoms with E-state index >= 15 is 0 Å². The van der Waals surface area contributed by atoms with Gasteiger partial charge in [0.2, 0.25) is 5.88 Å². The number of nitrogens with one attached hydrogen (secondary N) is 1. The first-order valence-corrected chi connectivity index (χ1v) is 9.02. The van der Waals surface area contributed by atoms with E-state index in [1.165, 1.54) is 37.7 Å². The Balaban J connectivity index is 2.01. The van der Waals surface area contributed by atoms with Gasteiger partial charge in [-0.2, -0.15) is 5.10 Å². The lowest BCUT2D eigenvalue weighted by Gasteiger charge is -2.22. The Morgan fingerprint density at radius 3 is 2.88 bits per heavy atom. The van der Waals surface area contributed by atoms with Crippen LogP contribution in [0.2, 0.25) is 0 Å². The summed E-state index contributed by atoms with van der Waals surface area (Å²) in [6.07, 6.45) is 14.4. The van der Waals surface area contributed by atoms with Crippen molar-refractivity contribution < 1.29 is 4.74 Å². The fraction of sp³-hybridized carbons (Fsp3) is 0.550. The highest BCUT2D eigenvalue weighted by atomic mass is 16.5. The molecule has 1 N–H and O–H groups in total. The predicted molar refractivity (Wildman–Crippen MR) is 100 cm³/mol. The van der Waals surface area contributed by atoms with Crippen molar-refractivity contribution in [1.82, 2.24) is 15.1 Å². The predicted octanol–water partition coefficient (Wildman–Crippen LogP) is 4.25. The standard InChI is InChI=1S/C20H31N3O/c1-4-5-7-10-17(2)16-24-20-13-19(14-21-3)22-23(20)15-18-11-8-6-9-12-18/h4-5,7,10,13,18,21H,1,6,8-9,11-12,14-16H2,2-3H3/b7-5-,17-10+. The fourth-order valence-electron chi connectivity index (χ4n) is 3.11. The molecule has 1 aliphatic rings. The molecule has 1 aliphatic carbocycles. The van der Waals surface area contributed by atoms with E-state index in [1.54, 1.807) is 6.08 Å². The van der Waals surface area contributed by atoms with E-state index in [4.69, 9.17) is 9.84 Å². The molecule has 0 aliphatic heterocycles. The number of ether oxygens (including phenoxy) is 1. The van der Waals surface area contributed by atoms with Crippen molar-refractivity contribution in [3.63, 3.8) is 0 Å². The van der Waals surface area contributed by atoms with Crippen molar-refractivity contribution in [2.24, 2.45) is 5.92 Å². The zero-order chi connectivity index (χ0) is 17.2. The maximum atomic E-state index is 6.04. The Hall–Kier alpha value is -1.81. The minimum absolute atomic E-state index is 0.580. The summed E-state index contributed by atoms with van der Waals surface area (Å²) in [4.78, 5) is 0. The smallest absolute Gasteiger partial charge is 0.212 e. The Labute approximate surface area is 146 Å². The SMILES string of the molecule is C=C/C=C\C=C(/C)COc1cc(CNC)nn1CC1CCCCC1. The second-order valence-electron chi connectivity index (χ2n) is 6.61. The van der Waals surface area contributed by atoms with Crippen LogP contribution in [0, 0.1) is 5.92 Å². The van der Waals surface area contributed by atoms with Gasteiger partial charge in [-0.05, 0) is 38.3 Å². The van der Waals surface area contributed by atoms with Gasteiger partial charge in [-0.1, -0.05) is 50.1 Å². The zero-order valence-electron chi connectivity index (χ0n) is 15.1. The van der Waals surface area contributed by atoms with Crippen LogP contribution in [0.15, 0.2) is 42.5 Å². The number of nitrogens with zero attached hydrogens (tertiary/aromatic N) is 2. The number of rotatable bonds is 9. The molecule has 0 saturated heterocycles. The van der Waals surface area contributed by atoms with Gasteiger partial charge in [0.25, 0.3) is 0 Å². The highest BCUT2D eigenvalue weighted by Gasteiger charge is 2.17. The van der Waals surface area contributed by atoms with Gasteiger partial charge in [0.15, 0.2) is 0 Å². The molecule has 1 aromatic rings. The van der Waals surface area contributed by atoms with Crippen LogP contribution < -0.4 is 10.1 Å². The average Bonchev–Trinajstić information content (AvgIpc) is 2.96. The van der Waals surface area contributed by atoms with E-state index in [9.17, 15) is 0 Å². The lowest BCUT2D eigenvalue weighted by atomic mass is 9.89. The van der Waals surface area contributed by atoms with Gasteiger partial charge in [0.05, 0.1) is 5.69 Å². The Kier molecular flexibility index (Phi) is 7.83. The van der Waals surface area contributed by atoms with E-state index in [0.717, 1.165) is 30.6 Å². The molecule has 1 saturated carbocycles. The maximum Gasteiger partial charge on any atom is 0.212 e. The number of hydrogen-bond donors (Lipinski definition) is 1. The van der Waals surface area contributed by atoms with Crippen LogP contribution in [-0.2, 0) is 13.1 Å². The molecular weight excluding hydrogens is 298 g/mol. The van der Waals surface area contributed by atoms with E-state index in [2.05, 4.69) is 35.6 Å². The van der Waals surface area contributed by atoms with Gasteiger partial charge in [-0.15, -0.1) is 0 Å². The summed E-state index contributed by atoms with van der Waals surface area (Å²) in [7, 11) is 1.94. The van der Waals surface area contributed by atoms with Crippen molar-refractivity contribution >= 4 is 0 Å². The molecule has 24 heavy (non-hydrogen) atoms. The van der Waals surface area contributed by atoms with Gasteiger partial charge in [0.1, 0.15) is 6.61 Å². The molecule has 0 spiro atoms. The maximum absolute atomic E-state index is 6.04. The number of hydrogen-bond acceptors (Lipinski definition) is 3. The molecule has 4 nitrogen and oxygen atoms in total. The topological polar surface area (TPSA) is 39.1 Å². The minimum atomic E-state index is 0.580. The first kappa shape index (κ1) is 18.5. The molecule has 1 fully saturated rings. The largest absolute Gasteiger partial charge is 0.473 e. The summed E-state index contributed by atoms with van der Waals surface area (Å²) in [6.45, 7) is 8.07. The molecule has 0 unspecified atom stereocenters. The molecule has 0 amide bonds. The van der Waals surface area contributed by atoms with Crippen LogP contribution >= 0.6 is 0 Å². The summed E-state index contributed by atoms with van der Waals surface area (Å²) in [5.41, 5.74) is 2.21. The quantitative estimate of drug-likeness (QED) is 0.688. The van der Waals surface area contributed by atoms with Crippen molar-refractivity contribution in [3.05, 3.63) is 48.2 Å². The van der Waals surface area contributed by atoms with Crippen LogP contribution in [0.5, 0.6) is 5.88 Å². The van der Waals surface area contributed by atoms with Crippen molar-refractivity contribution in [2.75, 3.05) is 13.7 Å². The van der Waals surface area contributed by atoms with Gasteiger partial charge < -0.3 is 10.1 Å².